The van der Waals surface area contributed by atoms with Crippen molar-refractivity contribution in [1.29, 1.82) is 0 Å². The molecule has 35 heavy (non-hydrogen) atoms. The van der Waals surface area contributed by atoms with Crippen LogP contribution in [0.2, 0.25) is 0 Å². The van der Waals surface area contributed by atoms with Gasteiger partial charge in [-0.2, -0.15) is 13.2 Å². The van der Waals surface area contributed by atoms with Crippen molar-refractivity contribution in [2.45, 2.75) is 57.2 Å². The maximum atomic E-state index is 13.3. The Hall–Kier alpha value is -3.36. The van der Waals surface area contributed by atoms with Crippen LogP contribution in [-0.2, 0) is 11.0 Å². The van der Waals surface area contributed by atoms with Gasteiger partial charge >= 0.3 is 6.18 Å². The predicted octanol–water partition coefficient (Wildman–Crippen LogP) is 5.76. The fourth-order valence-electron chi connectivity index (χ4n) is 5.04. The highest BCUT2D eigenvalue weighted by Crippen LogP contribution is 2.41. The Morgan fingerprint density at radius 1 is 1.00 bits per heavy atom. The predicted molar refractivity (Wildman–Crippen MR) is 126 cm³/mol. The molecule has 5 rings (SSSR count). The van der Waals surface area contributed by atoms with Crippen LogP contribution < -0.4 is 5.32 Å². The summed E-state index contributed by atoms with van der Waals surface area (Å²) >= 11 is 0. The molecule has 2 heterocycles. The number of imidazole rings is 1. The smallest absolute Gasteiger partial charge is 0.338 e. The summed E-state index contributed by atoms with van der Waals surface area (Å²) in [5.74, 6) is 0.916. The molecule has 2 fully saturated rings. The molecule has 6 nitrogen and oxygen atoms in total. The highest BCUT2D eigenvalue weighted by atomic mass is 19.4. The Bertz CT molecular complexity index is 1250. The van der Waals surface area contributed by atoms with E-state index < -0.39 is 11.7 Å². The van der Waals surface area contributed by atoms with E-state index in [1.807, 2.05) is 4.90 Å². The molecule has 0 atom stereocenters. The molecule has 3 aromatic rings. The largest absolute Gasteiger partial charge is 0.416 e. The number of piperidine rings is 1. The van der Waals surface area contributed by atoms with Gasteiger partial charge in [0.1, 0.15) is 5.82 Å². The van der Waals surface area contributed by atoms with Gasteiger partial charge in [-0.15, -0.1) is 0 Å². The lowest BCUT2D eigenvalue weighted by molar-refractivity contribution is -0.137. The Balaban J connectivity index is 1.34. The lowest BCUT2D eigenvalue weighted by atomic mass is 9.84. The van der Waals surface area contributed by atoms with Crippen LogP contribution in [0, 0.1) is 0 Å². The van der Waals surface area contributed by atoms with Gasteiger partial charge in [-0.3, -0.25) is 9.59 Å². The van der Waals surface area contributed by atoms with Crippen molar-refractivity contribution >= 4 is 28.5 Å². The maximum absolute atomic E-state index is 13.3. The number of rotatable bonds is 4. The molecule has 184 valence electrons. The van der Waals surface area contributed by atoms with Crippen molar-refractivity contribution in [2.24, 2.45) is 0 Å². The van der Waals surface area contributed by atoms with Crippen molar-refractivity contribution in [1.82, 2.24) is 14.5 Å². The molecule has 1 saturated heterocycles. The number of likely N-dealkylation sites (tertiary alicyclic amines) is 1. The van der Waals surface area contributed by atoms with Crippen LogP contribution in [-0.4, -0.2) is 39.4 Å². The second-order valence-electron chi connectivity index (χ2n) is 9.45. The van der Waals surface area contributed by atoms with Crippen molar-refractivity contribution in [3.63, 3.8) is 0 Å². The highest BCUT2D eigenvalue weighted by Gasteiger charge is 2.34. The SMILES string of the molecule is CC(=O)Nc1ccc(C(=O)N2CCC(n3c(C4CCC4)nc4cc(C(F)(F)F)ccc43)CC2)cc1. The molecule has 1 N–H and O–H groups in total. The molecular weight excluding hydrogens is 457 g/mol. The van der Waals surface area contributed by atoms with Gasteiger partial charge in [-0.1, -0.05) is 6.42 Å². The molecule has 0 spiro atoms. The van der Waals surface area contributed by atoms with Gasteiger partial charge in [-0.05, 0) is 68.1 Å². The zero-order chi connectivity index (χ0) is 24.7. The first kappa shape index (κ1) is 23.4. The van der Waals surface area contributed by atoms with Crippen LogP contribution in [0.4, 0.5) is 18.9 Å². The van der Waals surface area contributed by atoms with Crippen LogP contribution in [0.5, 0.6) is 0 Å². The van der Waals surface area contributed by atoms with E-state index in [0.717, 1.165) is 42.7 Å². The van der Waals surface area contributed by atoms with Gasteiger partial charge in [0.25, 0.3) is 5.91 Å². The molecule has 2 aliphatic rings. The number of aromatic nitrogens is 2. The minimum Gasteiger partial charge on any atom is -0.338 e. The zero-order valence-electron chi connectivity index (χ0n) is 19.4. The van der Waals surface area contributed by atoms with Gasteiger partial charge in [0, 0.05) is 43.2 Å². The third-order valence-electron chi connectivity index (χ3n) is 7.08. The number of anilines is 1. The van der Waals surface area contributed by atoms with Crippen molar-refractivity contribution in [3.8, 4) is 0 Å². The van der Waals surface area contributed by atoms with Crippen LogP contribution in [0.25, 0.3) is 11.0 Å². The molecule has 0 unspecified atom stereocenters. The number of hydrogen-bond donors (Lipinski definition) is 1. The van der Waals surface area contributed by atoms with Crippen molar-refractivity contribution in [2.75, 3.05) is 18.4 Å². The number of fused-ring (bicyclic) bond motifs is 1. The minimum atomic E-state index is -4.40. The van der Waals surface area contributed by atoms with E-state index in [4.69, 9.17) is 0 Å². The Kier molecular flexibility index (Phi) is 6.02. The number of carbonyl (C=O) groups excluding carboxylic acids is 2. The molecule has 0 bridgehead atoms. The first-order valence-electron chi connectivity index (χ1n) is 12.0. The molecule has 9 heteroatoms. The van der Waals surface area contributed by atoms with Crippen LogP contribution in [0.1, 0.15) is 72.7 Å². The number of hydrogen-bond acceptors (Lipinski definition) is 3. The second kappa shape index (κ2) is 9.02. The summed E-state index contributed by atoms with van der Waals surface area (Å²) in [6.07, 6.45) is 0.127. The lowest BCUT2D eigenvalue weighted by Crippen LogP contribution is -2.39. The lowest BCUT2D eigenvalue weighted by Gasteiger charge is -2.35. The number of benzene rings is 2. The van der Waals surface area contributed by atoms with E-state index >= 15 is 0 Å². The van der Waals surface area contributed by atoms with Gasteiger partial charge in [0.2, 0.25) is 5.91 Å². The molecule has 0 radical (unpaired) electrons. The summed E-state index contributed by atoms with van der Waals surface area (Å²) in [6.45, 7) is 2.54. The van der Waals surface area contributed by atoms with Crippen LogP contribution in [0.3, 0.4) is 0 Å². The number of nitrogens with zero attached hydrogens (tertiary/aromatic N) is 3. The van der Waals surface area contributed by atoms with E-state index in [2.05, 4.69) is 14.9 Å². The third-order valence-corrected chi connectivity index (χ3v) is 7.08. The number of halogens is 3. The maximum Gasteiger partial charge on any atom is 0.416 e. The van der Waals surface area contributed by atoms with Crippen LogP contribution in [0.15, 0.2) is 42.5 Å². The van der Waals surface area contributed by atoms with Crippen LogP contribution >= 0.6 is 0 Å². The molecular formula is C26H27F3N4O2. The van der Waals surface area contributed by atoms with E-state index in [9.17, 15) is 22.8 Å². The molecule has 2 aromatic carbocycles. The Morgan fingerprint density at radius 2 is 1.69 bits per heavy atom. The Labute approximate surface area is 201 Å². The van der Waals surface area contributed by atoms with E-state index in [1.165, 1.54) is 6.92 Å². The van der Waals surface area contributed by atoms with Gasteiger partial charge < -0.3 is 14.8 Å². The van der Waals surface area contributed by atoms with E-state index in [1.54, 1.807) is 30.3 Å². The third kappa shape index (κ3) is 4.63. The summed E-state index contributed by atoms with van der Waals surface area (Å²) in [4.78, 5) is 30.7. The van der Waals surface area contributed by atoms with Gasteiger partial charge in [0.15, 0.2) is 0 Å². The normalized spacial score (nSPS) is 17.4. The number of amides is 2. The standard InChI is InChI=1S/C26H27F3N4O2/c1-16(34)30-20-8-5-18(6-9-20)25(35)32-13-11-21(12-14-32)33-23-10-7-19(26(27,28)29)15-22(23)31-24(33)17-3-2-4-17/h5-10,15,17,21H,2-4,11-14H2,1H3,(H,30,34). The summed E-state index contributed by atoms with van der Waals surface area (Å²) in [7, 11) is 0. The van der Waals surface area contributed by atoms with Crippen molar-refractivity contribution < 1.29 is 22.8 Å². The molecule has 2 amide bonds. The average Bonchev–Trinajstić information content (AvgIpc) is 3.15. The quantitative estimate of drug-likeness (QED) is 0.512. The highest BCUT2D eigenvalue weighted by molar-refractivity contribution is 5.95. The molecule has 1 aliphatic heterocycles. The first-order chi connectivity index (χ1) is 16.7. The fraction of sp³-hybridized carbons (Fsp3) is 0.423. The monoisotopic (exact) mass is 484 g/mol. The first-order valence-corrected chi connectivity index (χ1v) is 12.0. The van der Waals surface area contributed by atoms with E-state index in [-0.39, 0.29) is 23.8 Å². The zero-order valence-corrected chi connectivity index (χ0v) is 19.4. The number of carbonyl (C=O) groups is 2. The topological polar surface area (TPSA) is 67.2 Å². The second-order valence-corrected chi connectivity index (χ2v) is 9.45. The fourth-order valence-corrected chi connectivity index (χ4v) is 5.04. The minimum absolute atomic E-state index is 0.0673. The summed E-state index contributed by atoms with van der Waals surface area (Å²) in [5, 5.41) is 2.69. The van der Waals surface area contributed by atoms with Gasteiger partial charge in [-0.25, -0.2) is 4.98 Å². The van der Waals surface area contributed by atoms with E-state index in [0.29, 0.717) is 42.7 Å². The van der Waals surface area contributed by atoms with Crippen molar-refractivity contribution in [3.05, 3.63) is 59.4 Å². The Morgan fingerprint density at radius 3 is 2.26 bits per heavy atom. The molecule has 1 aliphatic carbocycles. The molecule has 1 saturated carbocycles. The summed E-state index contributed by atoms with van der Waals surface area (Å²) < 4.78 is 41.9. The summed E-state index contributed by atoms with van der Waals surface area (Å²) in [5.41, 5.74) is 1.63. The summed E-state index contributed by atoms with van der Waals surface area (Å²) in [6, 6.07) is 10.7. The number of nitrogens with one attached hydrogen (secondary N) is 1. The average molecular weight is 485 g/mol. The molecule has 1 aromatic heterocycles. The number of alkyl halides is 3. The van der Waals surface area contributed by atoms with Gasteiger partial charge in [0.05, 0.1) is 16.6 Å².